The summed E-state index contributed by atoms with van der Waals surface area (Å²) in [4.78, 5) is 22.6. The molecule has 126 valence electrons. The van der Waals surface area contributed by atoms with E-state index in [4.69, 9.17) is 0 Å². The molecule has 1 aliphatic heterocycles. The summed E-state index contributed by atoms with van der Waals surface area (Å²) < 4.78 is 0. The minimum atomic E-state index is 0.00884. The number of hydrogen-bond acceptors (Lipinski definition) is 4. The highest BCUT2D eigenvalue weighted by Crippen LogP contribution is 2.32. The Morgan fingerprint density at radius 1 is 1.12 bits per heavy atom. The number of nitrogens with zero attached hydrogens (tertiary/aromatic N) is 3. The van der Waals surface area contributed by atoms with E-state index in [9.17, 15) is 4.79 Å². The molecule has 0 bridgehead atoms. The molecule has 0 spiro atoms. The molecule has 1 aliphatic rings. The molecular weight excluding hydrogens is 300 g/mol. The highest BCUT2D eigenvalue weighted by Gasteiger charge is 2.35. The molecule has 1 amide bonds. The van der Waals surface area contributed by atoms with Crippen LogP contribution in [0.3, 0.4) is 0 Å². The summed E-state index contributed by atoms with van der Waals surface area (Å²) in [6.07, 6.45) is 1.62. The van der Waals surface area contributed by atoms with E-state index in [1.54, 1.807) is 13.3 Å². The van der Waals surface area contributed by atoms with Crippen LogP contribution in [0.5, 0.6) is 0 Å². The molecule has 0 radical (unpaired) electrons. The monoisotopic (exact) mass is 324 g/mol. The van der Waals surface area contributed by atoms with Gasteiger partial charge in [0.25, 0.3) is 0 Å². The second-order valence-corrected chi connectivity index (χ2v) is 6.64. The van der Waals surface area contributed by atoms with Crippen molar-refractivity contribution in [2.75, 3.05) is 18.0 Å². The Hall–Kier alpha value is -2.43. The van der Waals surface area contributed by atoms with Gasteiger partial charge in [-0.05, 0) is 26.3 Å². The molecule has 1 N–H and O–H groups in total. The van der Waals surface area contributed by atoms with Gasteiger partial charge >= 0.3 is 0 Å². The zero-order valence-corrected chi connectivity index (χ0v) is 14.7. The predicted molar refractivity (Wildman–Crippen MR) is 95.2 cm³/mol. The Kier molecular flexibility index (Phi) is 4.51. The summed E-state index contributed by atoms with van der Waals surface area (Å²) in [5, 5.41) is 3.11. The lowest BCUT2D eigenvalue weighted by Gasteiger charge is -2.20. The van der Waals surface area contributed by atoms with E-state index in [1.807, 2.05) is 6.92 Å². The van der Waals surface area contributed by atoms with Crippen LogP contribution in [-0.2, 0) is 4.79 Å². The van der Waals surface area contributed by atoms with Gasteiger partial charge in [-0.25, -0.2) is 9.97 Å². The summed E-state index contributed by atoms with van der Waals surface area (Å²) in [7, 11) is 0. The number of anilines is 1. The summed E-state index contributed by atoms with van der Waals surface area (Å²) in [5.41, 5.74) is 4.59. The van der Waals surface area contributed by atoms with Crippen LogP contribution in [0.4, 0.5) is 5.82 Å². The minimum absolute atomic E-state index is 0.00884. The highest BCUT2D eigenvalue weighted by atomic mass is 16.1. The van der Waals surface area contributed by atoms with E-state index in [1.165, 1.54) is 11.1 Å². The first kappa shape index (κ1) is 16.4. The number of nitrogens with one attached hydrogen (secondary N) is 1. The molecular formula is C19H24N4O. The van der Waals surface area contributed by atoms with Crippen molar-refractivity contribution in [3.05, 3.63) is 53.0 Å². The van der Waals surface area contributed by atoms with Crippen molar-refractivity contribution < 1.29 is 4.79 Å². The molecule has 24 heavy (non-hydrogen) atoms. The van der Waals surface area contributed by atoms with Crippen LogP contribution in [0.15, 0.2) is 30.6 Å². The normalized spacial score (nSPS) is 20.2. The van der Waals surface area contributed by atoms with Gasteiger partial charge in [-0.3, -0.25) is 4.79 Å². The van der Waals surface area contributed by atoms with E-state index in [-0.39, 0.29) is 17.9 Å². The Balaban J connectivity index is 1.91. The van der Waals surface area contributed by atoms with E-state index in [0.29, 0.717) is 0 Å². The molecule has 5 nitrogen and oxygen atoms in total. The van der Waals surface area contributed by atoms with Crippen LogP contribution in [-0.4, -0.2) is 35.0 Å². The fourth-order valence-electron chi connectivity index (χ4n) is 3.38. The van der Waals surface area contributed by atoms with Gasteiger partial charge in [0.05, 0.1) is 6.04 Å². The molecule has 2 heterocycles. The topological polar surface area (TPSA) is 58.1 Å². The van der Waals surface area contributed by atoms with Crippen molar-refractivity contribution in [1.82, 2.24) is 15.3 Å². The summed E-state index contributed by atoms with van der Waals surface area (Å²) in [6, 6.07) is 8.67. The Labute approximate surface area is 143 Å². The molecule has 2 aromatic rings. The average molecular weight is 324 g/mol. The Bertz CT molecular complexity index is 742. The average Bonchev–Trinajstić information content (AvgIpc) is 2.93. The maximum Gasteiger partial charge on any atom is 0.217 e. The van der Waals surface area contributed by atoms with Gasteiger partial charge in [-0.15, -0.1) is 0 Å². The van der Waals surface area contributed by atoms with Gasteiger partial charge in [-0.1, -0.05) is 29.8 Å². The first-order valence-corrected chi connectivity index (χ1v) is 8.32. The second kappa shape index (κ2) is 6.59. The number of aryl methyl sites for hydroxylation is 2. The van der Waals surface area contributed by atoms with E-state index in [0.717, 1.165) is 30.2 Å². The van der Waals surface area contributed by atoms with Crippen LogP contribution >= 0.6 is 0 Å². The molecule has 1 saturated heterocycles. The zero-order valence-electron chi connectivity index (χ0n) is 14.7. The number of carbonyl (C=O) groups is 1. The molecule has 1 fully saturated rings. The Morgan fingerprint density at radius 3 is 2.50 bits per heavy atom. The number of benzene rings is 1. The third-order valence-electron chi connectivity index (χ3n) is 4.82. The quantitative estimate of drug-likeness (QED) is 0.942. The van der Waals surface area contributed by atoms with Crippen LogP contribution in [0.25, 0.3) is 0 Å². The lowest BCUT2D eigenvalue weighted by atomic mass is 9.93. The molecule has 5 heteroatoms. The molecule has 0 aliphatic carbocycles. The van der Waals surface area contributed by atoms with Crippen LogP contribution in [0.1, 0.15) is 35.2 Å². The molecule has 2 atom stereocenters. The smallest absolute Gasteiger partial charge is 0.217 e. The van der Waals surface area contributed by atoms with Crippen molar-refractivity contribution in [3.8, 4) is 0 Å². The van der Waals surface area contributed by atoms with Gasteiger partial charge in [0.2, 0.25) is 5.91 Å². The fraction of sp³-hybridized carbons (Fsp3) is 0.421. The van der Waals surface area contributed by atoms with Gasteiger partial charge in [0.1, 0.15) is 12.1 Å². The highest BCUT2D eigenvalue weighted by molar-refractivity contribution is 5.73. The van der Waals surface area contributed by atoms with Crippen molar-refractivity contribution in [1.29, 1.82) is 0 Å². The summed E-state index contributed by atoms with van der Waals surface area (Å²) in [5.74, 6) is 1.23. The predicted octanol–water partition coefficient (Wildman–Crippen LogP) is 2.51. The molecule has 1 aromatic heterocycles. The summed E-state index contributed by atoms with van der Waals surface area (Å²) in [6.45, 7) is 9.31. The number of amides is 1. The third-order valence-corrected chi connectivity index (χ3v) is 4.82. The maximum atomic E-state index is 11.6. The number of hydrogen-bond donors (Lipinski definition) is 1. The Morgan fingerprint density at radius 2 is 1.83 bits per heavy atom. The SMILES string of the molecule is CC(=O)N[C@@H]1CN(c2ncnc(C)c2C)C[C@H]1c1ccc(C)cc1. The van der Waals surface area contributed by atoms with E-state index >= 15 is 0 Å². The maximum absolute atomic E-state index is 11.6. The lowest BCUT2D eigenvalue weighted by Crippen LogP contribution is -2.38. The first-order chi connectivity index (χ1) is 11.5. The molecule has 3 rings (SSSR count). The second-order valence-electron chi connectivity index (χ2n) is 6.64. The molecule has 0 saturated carbocycles. The van der Waals surface area contributed by atoms with Gasteiger partial charge in [0, 0.05) is 37.2 Å². The fourth-order valence-corrected chi connectivity index (χ4v) is 3.38. The van der Waals surface area contributed by atoms with E-state index in [2.05, 4.69) is 58.3 Å². The number of aromatic nitrogens is 2. The van der Waals surface area contributed by atoms with E-state index < -0.39 is 0 Å². The van der Waals surface area contributed by atoms with Crippen molar-refractivity contribution in [3.63, 3.8) is 0 Å². The number of rotatable bonds is 3. The number of carbonyl (C=O) groups excluding carboxylic acids is 1. The third kappa shape index (κ3) is 3.25. The first-order valence-electron chi connectivity index (χ1n) is 8.32. The lowest BCUT2D eigenvalue weighted by molar-refractivity contribution is -0.119. The zero-order chi connectivity index (χ0) is 17.3. The van der Waals surface area contributed by atoms with Gasteiger partial charge in [-0.2, -0.15) is 0 Å². The standard InChI is InChI=1S/C19H24N4O/c1-12-5-7-16(8-6-12)17-9-23(10-18(17)22-15(4)24)19-13(2)14(3)20-11-21-19/h5-8,11,17-18H,9-10H2,1-4H3,(H,22,24)/t17-,18+/m0/s1. The van der Waals surface area contributed by atoms with Crippen molar-refractivity contribution >= 4 is 11.7 Å². The van der Waals surface area contributed by atoms with Crippen LogP contribution < -0.4 is 10.2 Å². The van der Waals surface area contributed by atoms with Crippen LogP contribution in [0.2, 0.25) is 0 Å². The van der Waals surface area contributed by atoms with Crippen molar-refractivity contribution in [2.45, 2.75) is 39.7 Å². The molecule has 0 unspecified atom stereocenters. The summed E-state index contributed by atoms with van der Waals surface area (Å²) >= 11 is 0. The van der Waals surface area contributed by atoms with Gasteiger partial charge < -0.3 is 10.2 Å². The largest absolute Gasteiger partial charge is 0.354 e. The van der Waals surface area contributed by atoms with Gasteiger partial charge in [0.15, 0.2) is 0 Å². The van der Waals surface area contributed by atoms with Crippen molar-refractivity contribution in [2.24, 2.45) is 0 Å². The minimum Gasteiger partial charge on any atom is -0.354 e. The van der Waals surface area contributed by atoms with Crippen LogP contribution in [0, 0.1) is 20.8 Å². The molecule has 1 aromatic carbocycles.